The zero-order chi connectivity index (χ0) is 14.2. The maximum atomic E-state index is 12.4. The molecule has 0 unspecified atom stereocenters. The van der Waals surface area contributed by atoms with Gasteiger partial charge in [0, 0.05) is 6.20 Å². The standard InChI is InChI=1S/C13H18F2N2O2/c1-9(2)13(19)7-17(8-13)12(18)10-4-3-5-16(10)6-11(14)15/h3-5,9,11,19H,6-8H2,1-2H3. The van der Waals surface area contributed by atoms with E-state index in [4.69, 9.17) is 0 Å². The van der Waals surface area contributed by atoms with Gasteiger partial charge in [-0.15, -0.1) is 0 Å². The molecule has 1 saturated heterocycles. The zero-order valence-electron chi connectivity index (χ0n) is 11.0. The fourth-order valence-electron chi connectivity index (χ4n) is 2.20. The van der Waals surface area contributed by atoms with Gasteiger partial charge in [0.25, 0.3) is 12.3 Å². The summed E-state index contributed by atoms with van der Waals surface area (Å²) in [6.07, 6.45) is -1.03. The van der Waals surface area contributed by atoms with Crippen LogP contribution in [-0.2, 0) is 6.54 Å². The number of hydrogen-bond donors (Lipinski definition) is 1. The monoisotopic (exact) mass is 272 g/mol. The van der Waals surface area contributed by atoms with Gasteiger partial charge in [0.05, 0.1) is 19.6 Å². The van der Waals surface area contributed by atoms with Gasteiger partial charge >= 0.3 is 0 Å². The van der Waals surface area contributed by atoms with Gasteiger partial charge in [-0.25, -0.2) is 8.78 Å². The van der Waals surface area contributed by atoms with Crippen LogP contribution in [0.15, 0.2) is 18.3 Å². The van der Waals surface area contributed by atoms with Crippen LogP contribution in [0.2, 0.25) is 0 Å². The summed E-state index contributed by atoms with van der Waals surface area (Å²) in [4.78, 5) is 13.6. The third kappa shape index (κ3) is 2.63. The molecule has 2 heterocycles. The van der Waals surface area contributed by atoms with Gasteiger partial charge in [-0.1, -0.05) is 13.8 Å². The van der Waals surface area contributed by atoms with Crippen molar-refractivity contribution in [2.75, 3.05) is 13.1 Å². The van der Waals surface area contributed by atoms with Gasteiger partial charge in [-0.3, -0.25) is 4.79 Å². The molecular formula is C13H18F2N2O2. The first kappa shape index (κ1) is 14.0. The highest BCUT2D eigenvalue weighted by Gasteiger charge is 2.46. The highest BCUT2D eigenvalue weighted by Crippen LogP contribution is 2.29. The molecule has 0 atom stereocenters. The first-order valence-electron chi connectivity index (χ1n) is 6.28. The number of likely N-dealkylation sites (tertiary alicyclic amines) is 1. The third-order valence-corrected chi connectivity index (χ3v) is 3.67. The SMILES string of the molecule is CC(C)C1(O)CN(C(=O)c2cccn2CC(F)F)C1. The Morgan fingerprint density at radius 2 is 2.11 bits per heavy atom. The van der Waals surface area contributed by atoms with Crippen LogP contribution in [0.1, 0.15) is 24.3 Å². The summed E-state index contributed by atoms with van der Waals surface area (Å²) in [5, 5.41) is 10.1. The van der Waals surface area contributed by atoms with Gasteiger partial charge in [-0.2, -0.15) is 0 Å². The van der Waals surface area contributed by atoms with Crippen molar-refractivity contribution in [3.8, 4) is 0 Å². The lowest BCUT2D eigenvalue weighted by atomic mass is 9.83. The Morgan fingerprint density at radius 3 is 2.63 bits per heavy atom. The lowest BCUT2D eigenvalue weighted by Gasteiger charge is -2.49. The number of alkyl halides is 2. The molecule has 0 radical (unpaired) electrons. The summed E-state index contributed by atoms with van der Waals surface area (Å²) in [5.74, 6) is -0.250. The van der Waals surface area contributed by atoms with Crippen LogP contribution in [-0.4, -0.2) is 45.6 Å². The molecule has 0 bridgehead atoms. The number of halogens is 2. The average molecular weight is 272 g/mol. The maximum Gasteiger partial charge on any atom is 0.270 e. The molecule has 2 rings (SSSR count). The first-order valence-corrected chi connectivity index (χ1v) is 6.28. The smallest absolute Gasteiger partial charge is 0.270 e. The third-order valence-electron chi connectivity index (χ3n) is 3.67. The zero-order valence-corrected chi connectivity index (χ0v) is 11.0. The number of β-amino-alcohol motifs (C(OH)–C–C–N with tert-alkyl or cyclic N) is 1. The van der Waals surface area contributed by atoms with Crippen molar-refractivity contribution in [3.63, 3.8) is 0 Å². The Labute approximate surface area is 110 Å². The minimum Gasteiger partial charge on any atom is -0.386 e. The number of rotatable bonds is 4. The molecule has 0 aromatic carbocycles. The van der Waals surface area contributed by atoms with Crippen LogP contribution in [0.3, 0.4) is 0 Å². The number of aromatic nitrogens is 1. The lowest BCUT2D eigenvalue weighted by molar-refractivity contribution is -0.111. The van der Waals surface area contributed by atoms with Crippen LogP contribution >= 0.6 is 0 Å². The van der Waals surface area contributed by atoms with Gasteiger partial charge in [0.1, 0.15) is 11.3 Å². The molecule has 6 heteroatoms. The van der Waals surface area contributed by atoms with Gasteiger partial charge in [0.2, 0.25) is 0 Å². The highest BCUT2D eigenvalue weighted by molar-refractivity contribution is 5.93. The number of carbonyl (C=O) groups is 1. The van der Waals surface area contributed by atoms with E-state index >= 15 is 0 Å². The molecule has 1 aromatic rings. The molecule has 1 amide bonds. The predicted octanol–water partition coefficient (Wildman–Crippen LogP) is 1.60. The van der Waals surface area contributed by atoms with Gasteiger partial charge < -0.3 is 14.6 Å². The average Bonchev–Trinajstić information content (AvgIpc) is 2.70. The number of carbonyl (C=O) groups excluding carboxylic acids is 1. The van der Waals surface area contributed by atoms with E-state index in [1.54, 1.807) is 6.07 Å². The van der Waals surface area contributed by atoms with Gasteiger partial charge in [-0.05, 0) is 18.1 Å². The van der Waals surface area contributed by atoms with Crippen LogP contribution in [0, 0.1) is 5.92 Å². The largest absolute Gasteiger partial charge is 0.386 e. The molecule has 1 fully saturated rings. The lowest BCUT2D eigenvalue weighted by Crippen LogP contribution is -2.66. The Morgan fingerprint density at radius 1 is 1.47 bits per heavy atom. The second-order valence-electron chi connectivity index (χ2n) is 5.36. The van der Waals surface area contributed by atoms with E-state index in [0.29, 0.717) is 0 Å². The molecular weight excluding hydrogens is 254 g/mol. The minimum absolute atomic E-state index is 0.0596. The molecule has 0 saturated carbocycles. The molecule has 1 aliphatic rings. The number of nitrogens with zero attached hydrogens (tertiary/aromatic N) is 2. The Kier molecular flexibility index (Phi) is 3.62. The van der Waals surface area contributed by atoms with Crippen molar-refractivity contribution >= 4 is 5.91 Å². The van der Waals surface area contributed by atoms with Crippen LogP contribution in [0.5, 0.6) is 0 Å². The number of amides is 1. The summed E-state index contributed by atoms with van der Waals surface area (Å²) in [6, 6.07) is 3.10. The van der Waals surface area contributed by atoms with E-state index < -0.39 is 18.6 Å². The molecule has 1 N–H and O–H groups in total. The molecule has 19 heavy (non-hydrogen) atoms. The molecule has 1 aliphatic heterocycles. The molecule has 0 spiro atoms. The van der Waals surface area contributed by atoms with Crippen LogP contribution < -0.4 is 0 Å². The highest BCUT2D eigenvalue weighted by atomic mass is 19.3. The summed E-state index contributed by atoms with van der Waals surface area (Å²) in [5.41, 5.74) is -0.610. The van der Waals surface area contributed by atoms with E-state index in [1.165, 1.54) is 21.7 Å². The van der Waals surface area contributed by atoms with E-state index in [9.17, 15) is 18.7 Å². The van der Waals surface area contributed by atoms with Crippen molar-refractivity contribution in [2.45, 2.75) is 32.4 Å². The second kappa shape index (κ2) is 4.92. The summed E-state index contributed by atoms with van der Waals surface area (Å²) < 4.78 is 26.0. The fourth-order valence-corrected chi connectivity index (χ4v) is 2.20. The van der Waals surface area contributed by atoms with Crippen molar-refractivity contribution in [3.05, 3.63) is 24.0 Å². The van der Waals surface area contributed by atoms with Crippen molar-refractivity contribution in [2.24, 2.45) is 5.92 Å². The minimum atomic E-state index is -2.50. The topological polar surface area (TPSA) is 45.5 Å². The van der Waals surface area contributed by atoms with E-state index in [0.717, 1.165) is 0 Å². The van der Waals surface area contributed by atoms with Crippen molar-refractivity contribution in [1.29, 1.82) is 0 Å². The quantitative estimate of drug-likeness (QED) is 0.905. The summed E-state index contributed by atoms with van der Waals surface area (Å²) in [6.45, 7) is 3.80. The Hall–Kier alpha value is -1.43. The summed E-state index contributed by atoms with van der Waals surface area (Å²) >= 11 is 0. The summed E-state index contributed by atoms with van der Waals surface area (Å²) in [7, 11) is 0. The number of hydrogen-bond acceptors (Lipinski definition) is 2. The molecule has 0 aliphatic carbocycles. The van der Waals surface area contributed by atoms with E-state index in [1.807, 2.05) is 13.8 Å². The molecule has 106 valence electrons. The Bertz CT molecular complexity index is 465. The number of aliphatic hydroxyl groups is 1. The van der Waals surface area contributed by atoms with E-state index in [-0.39, 0.29) is 30.6 Å². The Balaban J connectivity index is 2.04. The fraction of sp³-hybridized carbons (Fsp3) is 0.615. The normalized spacial score (nSPS) is 17.9. The van der Waals surface area contributed by atoms with Crippen molar-refractivity contribution < 1.29 is 18.7 Å². The van der Waals surface area contributed by atoms with Crippen LogP contribution in [0.4, 0.5) is 8.78 Å². The van der Waals surface area contributed by atoms with E-state index in [2.05, 4.69) is 0 Å². The second-order valence-corrected chi connectivity index (χ2v) is 5.36. The predicted molar refractivity (Wildman–Crippen MR) is 66.1 cm³/mol. The maximum absolute atomic E-state index is 12.4. The van der Waals surface area contributed by atoms with Crippen molar-refractivity contribution in [1.82, 2.24) is 9.47 Å². The van der Waals surface area contributed by atoms with Crippen LogP contribution in [0.25, 0.3) is 0 Å². The molecule has 1 aromatic heterocycles. The molecule has 4 nitrogen and oxygen atoms in total. The van der Waals surface area contributed by atoms with Gasteiger partial charge in [0.15, 0.2) is 0 Å². The first-order chi connectivity index (χ1) is 8.83.